The standard InChI is InChI=1S/C13H16N2O4/c1-3-19-11(10-6-4-9(2)5-7-10)13(17,8-14)12(16)15-18/h4-7,11,17-18H,3H2,1-2H3,(H,15,16). The van der Waals surface area contributed by atoms with E-state index >= 15 is 0 Å². The predicted octanol–water partition coefficient (Wildman–Crippen LogP) is 0.833. The van der Waals surface area contributed by atoms with E-state index in [0.717, 1.165) is 5.56 Å². The van der Waals surface area contributed by atoms with Crippen molar-refractivity contribution >= 4 is 5.91 Å². The number of hydrogen-bond donors (Lipinski definition) is 3. The minimum absolute atomic E-state index is 0.196. The van der Waals surface area contributed by atoms with Crippen LogP contribution in [0.15, 0.2) is 24.3 Å². The normalized spacial score (nSPS) is 15.1. The van der Waals surface area contributed by atoms with Gasteiger partial charge in [-0.2, -0.15) is 5.26 Å². The maximum atomic E-state index is 11.5. The SMILES string of the molecule is CCOC(c1ccc(C)cc1)C(O)(C#N)C(=O)NO. The summed E-state index contributed by atoms with van der Waals surface area (Å²) in [6.07, 6.45) is -1.18. The van der Waals surface area contributed by atoms with Gasteiger partial charge in [0, 0.05) is 6.61 Å². The molecule has 1 aromatic carbocycles. The molecule has 0 aromatic heterocycles. The fourth-order valence-electron chi connectivity index (χ4n) is 1.68. The average Bonchev–Trinajstić information content (AvgIpc) is 2.44. The molecule has 102 valence electrons. The number of nitrogens with one attached hydrogen (secondary N) is 1. The lowest BCUT2D eigenvalue weighted by atomic mass is 9.91. The number of aliphatic hydroxyl groups is 1. The van der Waals surface area contributed by atoms with Crippen molar-refractivity contribution in [3.05, 3.63) is 35.4 Å². The fourth-order valence-corrected chi connectivity index (χ4v) is 1.68. The summed E-state index contributed by atoms with van der Waals surface area (Å²) in [5.41, 5.74) is 0.249. The van der Waals surface area contributed by atoms with Crippen LogP contribution in [0.4, 0.5) is 0 Å². The van der Waals surface area contributed by atoms with E-state index in [-0.39, 0.29) is 6.61 Å². The lowest BCUT2D eigenvalue weighted by Gasteiger charge is -2.28. The van der Waals surface area contributed by atoms with E-state index in [1.807, 2.05) is 6.92 Å². The Morgan fingerprint density at radius 2 is 2.11 bits per heavy atom. The summed E-state index contributed by atoms with van der Waals surface area (Å²) in [7, 11) is 0. The highest BCUT2D eigenvalue weighted by atomic mass is 16.5. The molecule has 19 heavy (non-hydrogen) atoms. The van der Waals surface area contributed by atoms with Crippen molar-refractivity contribution < 1.29 is 19.8 Å². The van der Waals surface area contributed by atoms with Crippen molar-refractivity contribution in [2.45, 2.75) is 25.6 Å². The van der Waals surface area contributed by atoms with Gasteiger partial charge >= 0.3 is 0 Å². The smallest absolute Gasteiger partial charge is 0.293 e. The number of ether oxygens (including phenoxy) is 1. The molecule has 6 nitrogen and oxygen atoms in total. The summed E-state index contributed by atoms with van der Waals surface area (Å²) in [5, 5.41) is 27.8. The monoisotopic (exact) mass is 264 g/mol. The topological polar surface area (TPSA) is 103 Å². The van der Waals surface area contributed by atoms with Gasteiger partial charge in [-0.1, -0.05) is 29.8 Å². The van der Waals surface area contributed by atoms with E-state index in [0.29, 0.717) is 5.56 Å². The third-order valence-corrected chi connectivity index (χ3v) is 2.71. The van der Waals surface area contributed by atoms with Crippen molar-refractivity contribution in [3.8, 4) is 6.07 Å². The van der Waals surface area contributed by atoms with Crippen molar-refractivity contribution in [2.75, 3.05) is 6.61 Å². The quantitative estimate of drug-likeness (QED) is 0.415. The van der Waals surface area contributed by atoms with Crippen molar-refractivity contribution in [1.82, 2.24) is 5.48 Å². The van der Waals surface area contributed by atoms with Gasteiger partial charge in [0.05, 0.1) is 0 Å². The fraction of sp³-hybridized carbons (Fsp3) is 0.385. The maximum Gasteiger partial charge on any atom is 0.293 e. The summed E-state index contributed by atoms with van der Waals surface area (Å²) in [4.78, 5) is 11.5. The summed E-state index contributed by atoms with van der Waals surface area (Å²) >= 11 is 0. The van der Waals surface area contributed by atoms with Crippen molar-refractivity contribution in [3.63, 3.8) is 0 Å². The van der Waals surface area contributed by atoms with Crippen LogP contribution in [0.1, 0.15) is 24.2 Å². The second-order valence-electron chi connectivity index (χ2n) is 4.07. The Morgan fingerprint density at radius 1 is 1.53 bits per heavy atom. The van der Waals surface area contributed by atoms with Gasteiger partial charge in [0.2, 0.25) is 0 Å². The minimum Gasteiger partial charge on any atom is -0.369 e. The number of hydroxylamine groups is 1. The number of benzene rings is 1. The van der Waals surface area contributed by atoms with Crippen LogP contribution < -0.4 is 5.48 Å². The lowest BCUT2D eigenvalue weighted by Crippen LogP contribution is -2.50. The number of carbonyl (C=O) groups excluding carboxylic acids is 1. The molecule has 2 unspecified atom stereocenters. The third-order valence-electron chi connectivity index (χ3n) is 2.71. The molecule has 0 saturated heterocycles. The second-order valence-corrected chi connectivity index (χ2v) is 4.07. The Labute approximate surface area is 111 Å². The molecule has 3 N–H and O–H groups in total. The first-order valence-corrected chi connectivity index (χ1v) is 5.76. The van der Waals surface area contributed by atoms with E-state index < -0.39 is 17.6 Å². The Kier molecular flexibility index (Phi) is 5.01. The van der Waals surface area contributed by atoms with Gasteiger partial charge in [0.15, 0.2) is 0 Å². The van der Waals surface area contributed by atoms with Crippen molar-refractivity contribution in [1.29, 1.82) is 5.26 Å². The number of nitriles is 1. The molecule has 0 fully saturated rings. The Hall–Kier alpha value is -1.94. The van der Waals surface area contributed by atoms with Crippen LogP contribution in [0, 0.1) is 18.3 Å². The zero-order valence-electron chi connectivity index (χ0n) is 10.8. The molecule has 6 heteroatoms. The zero-order chi connectivity index (χ0) is 14.5. The number of nitrogens with zero attached hydrogens (tertiary/aromatic N) is 1. The Morgan fingerprint density at radius 3 is 2.53 bits per heavy atom. The Balaban J connectivity index is 3.22. The highest BCUT2D eigenvalue weighted by Crippen LogP contribution is 2.30. The molecule has 2 atom stereocenters. The first-order chi connectivity index (χ1) is 8.99. The Bertz CT molecular complexity index is 480. The molecule has 0 radical (unpaired) electrons. The van der Waals surface area contributed by atoms with E-state index in [9.17, 15) is 9.90 Å². The van der Waals surface area contributed by atoms with Crippen LogP contribution in [-0.4, -0.2) is 28.4 Å². The first-order valence-electron chi connectivity index (χ1n) is 5.76. The number of carbonyl (C=O) groups is 1. The first kappa shape index (κ1) is 15.1. The van der Waals surface area contributed by atoms with Gasteiger partial charge in [-0.3, -0.25) is 10.0 Å². The zero-order valence-corrected chi connectivity index (χ0v) is 10.8. The molecular formula is C13H16N2O4. The molecule has 1 aromatic rings. The van der Waals surface area contributed by atoms with Gasteiger partial charge < -0.3 is 9.84 Å². The van der Waals surface area contributed by atoms with Gasteiger partial charge in [0.25, 0.3) is 11.5 Å². The molecule has 0 heterocycles. The summed E-state index contributed by atoms with van der Waals surface area (Å²) in [5.74, 6) is -1.23. The number of hydrogen-bond acceptors (Lipinski definition) is 5. The van der Waals surface area contributed by atoms with E-state index in [2.05, 4.69) is 0 Å². The lowest BCUT2D eigenvalue weighted by molar-refractivity contribution is -0.157. The van der Waals surface area contributed by atoms with Gasteiger partial charge in [0.1, 0.15) is 12.2 Å². The van der Waals surface area contributed by atoms with Crippen molar-refractivity contribution in [2.24, 2.45) is 0 Å². The molecule has 0 aliphatic rings. The third kappa shape index (κ3) is 3.09. The highest BCUT2D eigenvalue weighted by Gasteiger charge is 2.46. The average molecular weight is 264 g/mol. The number of amides is 1. The van der Waals surface area contributed by atoms with Crippen LogP contribution >= 0.6 is 0 Å². The molecule has 0 aliphatic heterocycles. The summed E-state index contributed by atoms with van der Waals surface area (Å²) in [6.45, 7) is 3.76. The van der Waals surface area contributed by atoms with Crippen LogP contribution in [0.5, 0.6) is 0 Å². The van der Waals surface area contributed by atoms with Gasteiger partial charge in [-0.25, -0.2) is 5.48 Å². The molecule has 0 aliphatic carbocycles. The van der Waals surface area contributed by atoms with Gasteiger partial charge in [-0.05, 0) is 19.4 Å². The molecule has 0 spiro atoms. The second kappa shape index (κ2) is 6.29. The molecule has 0 bridgehead atoms. The number of rotatable bonds is 5. The largest absolute Gasteiger partial charge is 0.369 e. The van der Waals surface area contributed by atoms with E-state index in [4.69, 9.17) is 15.2 Å². The maximum absolute atomic E-state index is 11.5. The van der Waals surface area contributed by atoms with Crippen LogP contribution in [0.25, 0.3) is 0 Å². The summed E-state index contributed by atoms with van der Waals surface area (Å²) in [6, 6.07) is 8.34. The molecule has 1 amide bonds. The number of aryl methyl sites for hydroxylation is 1. The molecule has 0 saturated carbocycles. The van der Waals surface area contributed by atoms with E-state index in [1.165, 1.54) is 11.5 Å². The molecule has 1 rings (SSSR count). The minimum atomic E-state index is -2.50. The van der Waals surface area contributed by atoms with Crippen LogP contribution in [-0.2, 0) is 9.53 Å². The van der Waals surface area contributed by atoms with E-state index in [1.54, 1.807) is 31.2 Å². The van der Waals surface area contributed by atoms with Crippen LogP contribution in [0.2, 0.25) is 0 Å². The summed E-state index contributed by atoms with van der Waals surface area (Å²) < 4.78 is 5.30. The predicted molar refractivity (Wildman–Crippen MR) is 66.0 cm³/mol. The highest BCUT2D eigenvalue weighted by molar-refractivity contribution is 5.88. The van der Waals surface area contributed by atoms with Crippen LogP contribution in [0.3, 0.4) is 0 Å². The molecular weight excluding hydrogens is 248 g/mol. The van der Waals surface area contributed by atoms with Gasteiger partial charge in [-0.15, -0.1) is 0 Å².